The molecule has 0 saturated heterocycles. The predicted octanol–water partition coefficient (Wildman–Crippen LogP) is 4.70. The van der Waals surface area contributed by atoms with Crippen molar-refractivity contribution in [2.24, 2.45) is 5.41 Å². The monoisotopic (exact) mass is 389 g/mol. The Balaban J connectivity index is 1.93. The molecule has 0 heterocycles. The summed E-state index contributed by atoms with van der Waals surface area (Å²) in [6.45, 7) is 5.62. The molecule has 4 nitrogen and oxygen atoms in total. The molecule has 126 valence electrons. The molecule has 2 aromatic carbocycles. The number of rotatable bonds is 5. The number of carbonyl (C=O) groups is 2. The van der Waals surface area contributed by atoms with Gasteiger partial charge in [-0.25, -0.2) is 0 Å². The van der Waals surface area contributed by atoms with E-state index in [1.54, 1.807) is 36.4 Å². The second-order valence-electron chi connectivity index (χ2n) is 6.45. The van der Waals surface area contributed by atoms with Crippen molar-refractivity contribution in [2.45, 2.75) is 20.8 Å². The van der Waals surface area contributed by atoms with Crippen molar-refractivity contribution in [3.63, 3.8) is 0 Å². The SMILES string of the molecule is CC(C)(C)C(=O)COc1ccc(NC(=O)c2ccc(Br)cc2)cc1. The van der Waals surface area contributed by atoms with E-state index in [-0.39, 0.29) is 18.3 Å². The molecular weight excluding hydrogens is 370 g/mol. The summed E-state index contributed by atoms with van der Waals surface area (Å²) in [5, 5.41) is 2.82. The number of anilines is 1. The predicted molar refractivity (Wildman–Crippen MR) is 98.5 cm³/mol. The molecule has 2 aromatic rings. The molecule has 2 rings (SSSR count). The summed E-state index contributed by atoms with van der Waals surface area (Å²) >= 11 is 3.34. The highest BCUT2D eigenvalue weighted by atomic mass is 79.9. The van der Waals surface area contributed by atoms with Gasteiger partial charge >= 0.3 is 0 Å². The molecule has 0 spiro atoms. The number of ketones is 1. The Morgan fingerprint density at radius 3 is 2.12 bits per heavy atom. The fourth-order valence-corrected chi connectivity index (χ4v) is 2.07. The van der Waals surface area contributed by atoms with Crippen molar-refractivity contribution < 1.29 is 14.3 Å². The smallest absolute Gasteiger partial charge is 0.255 e. The van der Waals surface area contributed by atoms with E-state index in [0.29, 0.717) is 17.0 Å². The Bertz CT molecular complexity index is 716. The van der Waals surface area contributed by atoms with E-state index >= 15 is 0 Å². The lowest BCUT2D eigenvalue weighted by Crippen LogP contribution is -2.26. The van der Waals surface area contributed by atoms with Crippen LogP contribution in [-0.4, -0.2) is 18.3 Å². The highest BCUT2D eigenvalue weighted by Gasteiger charge is 2.21. The van der Waals surface area contributed by atoms with Gasteiger partial charge in [0.25, 0.3) is 5.91 Å². The van der Waals surface area contributed by atoms with Gasteiger partial charge in [-0.05, 0) is 48.5 Å². The molecule has 0 radical (unpaired) electrons. The van der Waals surface area contributed by atoms with Gasteiger partial charge in [-0.15, -0.1) is 0 Å². The lowest BCUT2D eigenvalue weighted by atomic mass is 9.91. The summed E-state index contributed by atoms with van der Waals surface area (Å²) in [6.07, 6.45) is 0. The molecule has 5 heteroatoms. The minimum Gasteiger partial charge on any atom is -0.486 e. The lowest BCUT2D eigenvalue weighted by Gasteiger charge is -2.16. The average molecular weight is 390 g/mol. The summed E-state index contributed by atoms with van der Waals surface area (Å²) in [6, 6.07) is 14.1. The topological polar surface area (TPSA) is 55.4 Å². The Hall–Kier alpha value is -2.14. The largest absolute Gasteiger partial charge is 0.486 e. The zero-order chi connectivity index (χ0) is 17.7. The van der Waals surface area contributed by atoms with Crippen LogP contribution < -0.4 is 10.1 Å². The van der Waals surface area contributed by atoms with Crippen LogP contribution >= 0.6 is 15.9 Å². The molecule has 0 aromatic heterocycles. The second-order valence-corrected chi connectivity index (χ2v) is 7.36. The first kappa shape index (κ1) is 18.2. The van der Waals surface area contributed by atoms with Gasteiger partial charge in [-0.1, -0.05) is 36.7 Å². The maximum Gasteiger partial charge on any atom is 0.255 e. The van der Waals surface area contributed by atoms with Crippen molar-refractivity contribution in [2.75, 3.05) is 11.9 Å². The highest BCUT2D eigenvalue weighted by molar-refractivity contribution is 9.10. The van der Waals surface area contributed by atoms with Crippen LogP contribution in [0.5, 0.6) is 5.75 Å². The number of nitrogens with one attached hydrogen (secondary N) is 1. The average Bonchev–Trinajstić information content (AvgIpc) is 2.53. The Labute approximate surface area is 150 Å². The fourth-order valence-electron chi connectivity index (χ4n) is 1.80. The molecule has 0 aliphatic rings. The highest BCUT2D eigenvalue weighted by Crippen LogP contribution is 2.19. The molecule has 0 fully saturated rings. The summed E-state index contributed by atoms with van der Waals surface area (Å²) in [5.41, 5.74) is 0.824. The van der Waals surface area contributed by atoms with Gasteiger partial charge in [0.15, 0.2) is 5.78 Å². The number of hydrogen-bond acceptors (Lipinski definition) is 3. The van der Waals surface area contributed by atoms with Crippen molar-refractivity contribution in [1.82, 2.24) is 0 Å². The molecule has 0 bridgehead atoms. The first-order chi connectivity index (χ1) is 11.3. The van der Waals surface area contributed by atoms with Crippen LogP contribution in [0.4, 0.5) is 5.69 Å². The summed E-state index contributed by atoms with van der Waals surface area (Å²) < 4.78 is 6.41. The van der Waals surface area contributed by atoms with E-state index in [4.69, 9.17) is 4.74 Å². The molecule has 0 aliphatic heterocycles. The number of amides is 1. The number of carbonyl (C=O) groups excluding carboxylic acids is 2. The number of halogens is 1. The maximum absolute atomic E-state index is 12.1. The third kappa shape index (κ3) is 5.20. The zero-order valence-corrected chi connectivity index (χ0v) is 15.5. The van der Waals surface area contributed by atoms with Crippen LogP contribution in [0.25, 0.3) is 0 Å². The van der Waals surface area contributed by atoms with E-state index in [0.717, 1.165) is 4.47 Å². The fraction of sp³-hybridized carbons (Fsp3) is 0.263. The lowest BCUT2D eigenvalue weighted by molar-refractivity contribution is -0.128. The van der Waals surface area contributed by atoms with E-state index in [2.05, 4.69) is 21.2 Å². The Morgan fingerprint density at radius 1 is 1.00 bits per heavy atom. The number of benzene rings is 2. The molecular formula is C19H20BrNO3. The van der Waals surface area contributed by atoms with Crippen LogP contribution in [-0.2, 0) is 4.79 Å². The van der Waals surface area contributed by atoms with Gasteiger partial charge in [-0.3, -0.25) is 9.59 Å². The van der Waals surface area contributed by atoms with Crippen molar-refractivity contribution >= 4 is 33.3 Å². The van der Waals surface area contributed by atoms with E-state index in [1.807, 2.05) is 32.9 Å². The van der Waals surface area contributed by atoms with Crippen LogP contribution in [0.3, 0.4) is 0 Å². The van der Waals surface area contributed by atoms with Crippen LogP contribution in [0, 0.1) is 5.41 Å². The number of Topliss-reactive ketones (excluding diaryl/α,β-unsaturated/α-hetero) is 1. The van der Waals surface area contributed by atoms with Gasteiger partial charge < -0.3 is 10.1 Å². The summed E-state index contributed by atoms with van der Waals surface area (Å²) in [5.74, 6) is 0.448. The third-order valence-corrected chi connectivity index (χ3v) is 3.95. The summed E-state index contributed by atoms with van der Waals surface area (Å²) in [7, 11) is 0. The number of ether oxygens (including phenoxy) is 1. The van der Waals surface area contributed by atoms with Crippen molar-refractivity contribution in [3.8, 4) is 5.75 Å². The van der Waals surface area contributed by atoms with Crippen molar-refractivity contribution in [1.29, 1.82) is 0 Å². The minimum absolute atomic E-state index is 0.0358. The first-order valence-corrected chi connectivity index (χ1v) is 8.38. The zero-order valence-electron chi connectivity index (χ0n) is 13.9. The van der Waals surface area contributed by atoms with E-state index < -0.39 is 5.41 Å². The molecule has 24 heavy (non-hydrogen) atoms. The quantitative estimate of drug-likeness (QED) is 0.806. The van der Waals surface area contributed by atoms with Gasteiger partial charge in [0.2, 0.25) is 0 Å². The first-order valence-electron chi connectivity index (χ1n) is 7.59. The minimum atomic E-state index is -0.418. The standard InChI is InChI=1S/C19H20BrNO3/c1-19(2,3)17(22)12-24-16-10-8-15(9-11-16)21-18(23)13-4-6-14(20)7-5-13/h4-11H,12H2,1-3H3,(H,21,23). The van der Waals surface area contributed by atoms with Gasteiger partial charge in [-0.2, -0.15) is 0 Å². The van der Waals surface area contributed by atoms with Crippen molar-refractivity contribution in [3.05, 3.63) is 58.6 Å². The van der Waals surface area contributed by atoms with Gasteiger partial charge in [0.1, 0.15) is 12.4 Å². The Morgan fingerprint density at radius 2 is 1.58 bits per heavy atom. The Kier molecular flexibility index (Phi) is 5.78. The molecule has 0 aliphatic carbocycles. The molecule has 0 unspecified atom stereocenters. The maximum atomic E-state index is 12.1. The second kappa shape index (κ2) is 7.62. The number of hydrogen-bond donors (Lipinski definition) is 1. The molecule has 1 N–H and O–H groups in total. The van der Waals surface area contributed by atoms with Crippen LogP contribution in [0.1, 0.15) is 31.1 Å². The van der Waals surface area contributed by atoms with E-state index in [9.17, 15) is 9.59 Å². The van der Waals surface area contributed by atoms with Crippen LogP contribution in [0.2, 0.25) is 0 Å². The third-order valence-electron chi connectivity index (χ3n) is 3.43. The molecule has 1 amide bonds. The normalized spacial score (nSPS) is 11.0. The molecule has 0 saturated carbocycles. The molecule has 0 atom stereocenters. The summed E-state index contributed by atoms with van der Waals surface area (Å²) in [4.78, 5) is 24.0. The van der Waals surface area contributed by atoms with Crippen LogP contribution in [0.15, 0.2) is 53.0 Å². The van der Waals surface area contributed by atoms with Gasteiger partial charge in [0, 0.05) is 21.1 Å². The van der Waals surface area contributed by atoms with E-state index in [1.165, 1.54) is 0 Å². The van der Waals surface area contributed by atoms with Gasteiger partial charge in [0.05, 0.1) is 0 Å².